The van der Waals surface area contributed by atoms with Crippen molar-refractivity contribution in [3.63, 3.8) is 0 Å². The van der Waals surface area contributed by atoms with Gasteiger partial charge in [0.25, 0.3) is 0 Å². The van der Waals surface area contributed by atoms with Crippen LogP contribution in [0.15, 0.2) is 24.3 Å². The first-order chi connectivity index (χ1) is 8.89. The second-order valence-corrected chi connectivity index (χ2v) is 6.21. The van der Waals surface area contributed by atoms with Crippen molar-refractivity contribution in [1.82, 2.24) is 0 Å². The summed E-state index contributed by atoms with van der Waals surface area (Å²) in [6.45, 7) is 10.5. The fourth-order valence-corrected chi connectivity index (χ4v) is 2.11. The van der Waals surface area contributed by atoms with Crippen LogP contribution < -0.4 is 4.74 Å². The van der Waals surface area contributed by atoms with Crippen LogP contribution in [-0.4, -0.2) is 25.6 Å². The maximum absolute atomic E-state index is 5.81. The molecule has 106 valence electrons. The van der Waals surface area contributed by atoms with Gasteiger partial charge >= 0.3 is 0 Å². The molecule has 3 heteroatoms. The van der Waals surface area contributed by atoms with Gasteiger partial charge < -0.3 is 14.2 Å². The standard InChI is InChI=1S/C16H24O3/c1-15(2,3)13-6-5-7-14(12-13)17-9-8-16(4)18-10-11-19-16/h5-7,12H,8-11H2,1-4H3. The van der Waals surface area contributed by atoms with Gasteiger partial charge in [0.2, 0.25) is 0 Å². The maximum Gasteiger partial charge on any atom is 0.168 e. The van der Waals surface area contributed by atoms with Crippen molar-refractivity contribution in [1.29, 1.82) is 0 Å². The van der Waals surface area contributed by atoms with E-state index in [1.54, 1.807) is 0 Å². The first-order valence-corrected chi connectivity index (χ1v) is 6.90. The topological polar surface area (TPSA) is 27.7 Å². The third-order valence-corrected chi connectivity index (χ3v) is 3.42. The molecule has 1 aliphatic rings. The summed E-state index contributed by atoms with van der Waals surface area (Å²) in [6, 6.07) is 8.28. The SMILES string of the molecule is CC1(CCOc2cccc(C(C)(C)C)c2)OCCO1. The smallest absolute Gasteiger partial charge is 0.168 e. The summed E-state index contributed by atoms with van der Waals surface area (Å²) >= 11 is 0. The zero-order valence-corrected chi connectivity index (χ0v) is 12.4. The van der Waals surface area contributed by atoms with E-state index in [0.29, 0.717) is 19.8 Å². The van der Waals surface area contributed by atoms with E-state index < -0.39 is 5.79 Å². The van der Waals surface area contributed by atoms with Gasteiger partial charge in [-0.1, -0.05) is 32.9 Å². The van der Waals surface area contributed by atoms with Crippen LogP contribution in [0.5, 0.6) is 5.75 Å². The quantitative estimate of drug-likeness (QED) is 0.833. The van der Waals surface area contributed by atoms with E-state index in [1.165, 1.54) is 5.56 Å². The molecule has 0 amide bonds. The lowest BCUT2D eigenvalue weighted by Gasteiger charge is -2.23. The summed E-state index contributed by atoms with van der Waals surface area (Å²) in [7, 11) is 0. The Morgan fingerprint density at radius 3 is 2.53 bits per heavy atom. The average Bonchev–Trinajstić information content (AvgIpc) is 2.76. The second kappa shape index (κ2) is 5.51. The van der Waals surface area contributed by atoms with Crippen LogP contribution in [0.25, 0.3) is 0 Å². The van der Waals surface area contributed by atoms with Crippen LogP contribution in [0.3, 0.4) is 0 Å². The first kappa shape index (κ1) is 14.4. The Labute approximate surface area is 115 Å². The summed E-state index contributed by atoms with van der Waals surface area (Å²) in [4.78, 5) is 0. The molecule has 0 aliphatic carbocycles. The Balaban J connectivity index is 1.89. The molecule has 1 aliphatic heterocycles. The lowest BCUT2D eigenvalue weighted by molar-refractivity contribution is -0.150. The molecule has 0 atom stereocenters. The lowest BCUT2D eigenvalue weighted by Crippen LogP contribution is -2.28. The van der Waals surface area contributed by atoms with E-state index in [1.807, 2.05) is 19.1 Å². The van der Waals surface area contributed by atoms with Gasteiger partial charge in [0.05, 0.1) is 19.8 Å². The lowest BCUT2D eigenvalue weighted by atomic mass is 9.87. The molecule has 1 heterocycles. The molecular formula is C16H24O3. The van der Waals surface area contributed by atoms with Crippen LogP contribution in [0.2, 0.25) is 0 Å². The van der Waals surface area contributed by atoms with Crippen LogP contribution in [0.1, 0.15) is 39.7 Å². The largest absolute Gasteiger partial charge is 0.493 e. The number of rotatable bonds is 4. The Kier molecular flexibility index (Phi) is 4.16. The van der Waals surface area contributed by atoms with Crippen LogP contribution >= 0.6 is 0 Å². The van der Waals surface area contributed by atoms with Crippen LogP contribution in [0.4, 0.5) is 0 Å². The molecule has 0 unspecified atom stereocenters. The molecule has 0 saturated carbocycles. The van der Waals surface area contributed by atoms with Crippen molar-refractivity contribution in [3.8, 4) is 5.75 Å². The fraction of sp³-hybridized carbons (Fsp3) is 0.625. The minimum absolute atomic E-state index is 0.142. The van der Waals surface area contributed by atoms with Gasteiger partial charge in [0.1, 0.15) is 5.75 Å². The monoisotopic (exact) mass is 264 g/mol. The number of hydrogen-bond acceptors (Lipinski definition) is 3. The third-order valence-electron chi connectivity index (χ3n) is 3.42. The molecule has 1 aromatic carbocycles. The summed E-state index contributed by atoms with van der Waals surface area (Å²) in [5, 5.41) is 0. The Morgan fingerprint density at radius 1 is 1.21 bits per heavy atom. The van der Waals surface area contributed by atoms with Gasteiger partial charge in [-0.15, -0.1) is 0 Å². The molecule has 3 nitrogen and oxygen atoms in total. The van der Waals surface area contributed by atoms with E-state index in [9.17, 15) is 0 Å². The molecule has 19 heavy (non-hydrogen) atoms. The molecule has 1 fully saturated rings. The van der Waals surface area contributed by atoms with E-state index in [2.05, 4.69) is 32.9 Å². The molecule has 2 rings (SSSR count). The van der Waals surface area contributed by atoms with Gasteiger partial charge in [0.15, 0.2) is 5.79 Å². The van der Waals surface area contributed by atoms with E-state index >= 15 is 0 Å². The summed E-state index contributed by atoms with van der Waals surface area (Å²) < 4.78 is 16.9. The molecule has 0 N–H and O–H groups in total. The molecule has 1 saturated heterocycles. The summed E-state index contributed by atoms with van der Waals surface area (Å²) in [6.07, 6.45) is 0.743. The number of hydrogen-bond donors (Lipinski definition) is 0. The molecule has 0 bridgehead atoms. The Morgan fingerprint density at radius 2 is 1.89 bits per heavy atom. The summed E-state index contributed by atoms with van der Waals surface area (Å²) in [5.74, 6) is 0.441. The highest BCUT2D eigenvalue weighted by Gasteiger charge is 2.30. The normalized spacial score (nSPS) is 18.5. The van der Waals surface area contributed by atoms with Crippen LogP contribution in [0, 0.1) is 0 Å². The van der Waals surface area contributed by atoms with Crippen molar-refractivity contribution in [2.75, 3.05) is 19.8 Å². The highest BCUT2D eigenvalue weighted by Crippen LogP contribution is 2.27. The zero-order chi connectivity index (χ0) is 13.9. The van der Waals surface area contributed by atoms with Gasteiger partial charge in [-0.2, -0.15) is 0 Å². The highest BCUT2D eigenvalue weighted by atomic mass is 16.7. The molecule has 0 aromatic heterocycles. The zero-order valence-electron chi connectivity index (χ0n) is 12.4. The third kappa shape index (κ3) is 3.95. The number of ether oxygens (including phenoxy) is 3. The van der Waals surface area contributed by atoms with Gasteiger partial charge in [-0.3, -0.25) is 0 Å². The predicted octanol–water partition coefficient (Wildman–Crippen LogP) is 3.52. The van der Waals surface area contributed by atoms with Crippen molar-refractivity contribution >= 4 is 0 Å². The van der Waals surface area contributed by atoms with E-state index in [0.717, 1.165) is 12.2 Å². The van der Waals surface area contributed by atoms with Crippen molar-refractivity contribution < 1.29 is 14.2 Å². The first-order valence-electron chi connectivity index (χ1n) is 6.90. The number of benzene rings is 1. The van der Waals surface area contributed by atoms with Crippen LogP contribution in [-0.2, 0) is 14.9 Å². The van der Waals surface area contributed by atoms with Gasteiger partial charge in [-0.25, -0.2) is 0 Å². The van der Waals surface area contributed by atoms with Crippen molar-refractivity contribution in [2.45, 2.75) is 45.3 Å². The summed E-state index contributed by atoms with van der Waals surface area (Å²) in [5.41, 5.74) is 1.42. The second-order valence-electron chi connectivity index (χ2n) is 6.21. The predicted molar refractivity (Wildman–Crippen MR) is 75.6 cm³/mol. The fourth-order valence-electron chi connectivity index (χ4n) is 2.11. The molecule has 1 aromatic rings. The van der Waals surface area contributed by atoms with Crippen molar-refractivity contribution in [3.05, 3.63) is 29.8 Å². The maximum atomic E-state index is 5.81. The Hall–Kier alpha value is -1.06. The molecule has 0 radical (unpaired) electrons. The molecular weight excluding hydrogens is 240 g/mol. The van der Waals surface area contributed by atoms with Gasteiger partial charge in [0, 0.05) is 6.42 Å². The van der Waals surface area contributed by atoms with E-state index in [4.69, 9.17) is 14.2 Å². The highest BCUT2D eigenvalue weighted by molar-refractivity contribution is 5.32. The Bertz CT molecular complexity index is 414. The molecule has 0 spiro atoms. The minimum atomic E-state index is -0.471. The average molecular weight is 264 g/mol. The van der Waals surface area contributed by atoms with Crippen molar-refractivity contribution in [2.24, 2.45) is 0 Å². The van der Waals surface area contributed by atoms with E-state index in [-0.39, 0.29) is 5.41 Å². The minimum Gasteiger partial charge on any atom is -0.493 e. The van der Waals surface area contributed by atoms with Gasteiger partial charge in [-0.05, 0) is 30.0 Å².